The minimum Gasteiger partial charge on any atom is -0.463 e. The molecule has 0 unspecified atom stereocenters. The Hall–Kier alpha value is -1.32. The van der Waals surface area contributed by atoms with Crippen molar-refractivity contribution in [1.82, 2.24) is 0 Å². The van der Waals surface area contributed by atoms with Crippen molar-refractivity contribution < 1.29 is 19.1 Å². The Labute approximate surface area is 326 Å². The SMILES string of the molecule is CCCCCCCCCCCCCCCCCCCCCCOC(=O)/C=C/C(=O)OCCCCCCCCCCCCCCCCCCCCCC. The number of hydrogen-bond donors (Lipinski definition) is 0. The number of unbranched alkanes of at least 4 members (excludes halogenated alkanes) is 38. The van der Waals surface area contributed by atoms with Crippen molar-refractivity contribution in [3.05, 3.63) is 12.2 Å². The summed E-state index contributed by atoms with van der Waals surface area (Å²) >= 11 is 0. The number of esters is 2. The second kappa shape index (κ2) is 45.8. The van der Waals surface area contributed by atoms with Crippen LogP contribution in [0.25, 0.3) is 0 Å². The van der Waals surface area contributed by atoms with Crippen molar-refractivity contribution in [1.29, 1.82) is 0 Å². The molecule has 0 fully saturated rings. The highest BCUT2D eigenvalue weighted by molar-refractivity contribution is 5.91. The van der Waals surface area contributed by atoms with Gasteiger partial charge in [0.05, 0.1) is 13.2 Å². The summed E-state index contributed by atoms with van der Waals surface area (Å²) in [5.41, 5.74) is 0. The predicted octanol–water partition coefficient (Wildman–Crippen LogP) is 16.3. The van der Waals surface area contributed by atoms with Gasteiger partial charge in [-0.05, 0) is 12.8 Å². The summed E-state index contributed by atoms with van der Waals surface area (Å²) in [4.78, 5) is 23.8. The van der Waals surface area contributed by atoms with Crippen LogP contribution in [0.2, 0.25) is 0 Å². The molecular formula is C48H92O4. The van der Waals surface area contributed by atoms with Crippen LogP contribution in [-0.4, -0.2) is 25.2 Å². The van der Waals surface area contributed by atoms with Crippen LogP contribution in [0, 0.1) is 0 Å². The maximum absolute atomic E-state index is 11.9. The third-order valence-corrected chi connectivity index (χ3v) is 10.8. The number of hydrogen-bond acceptors (Lipinski definition) is 4. The van der Waals surface area contributed by atoms with E-state index >= 15 is 0 Å². The molecule has 0 saturated heterocycles. The van der Waals surface area contributed by atoms with Crippen molar-refractivity contribution >= 4 is 11.9 Å². The van der Waals surface area contributed by atoms with Crippen molar-refractivity contribution in [2.75, 3.05) is 13.2 Å². The third kappa shape index (κ3) is 44.8. The summed E-state index contributed by atoms with van der Waals surface area (Å²) in [5, 5.41) is 0. The normalized spacial score (nSPS) is 11.5. The maximum Gasteiger partial charge on any atom is 0.331 e. The fourth-order valence-electron chi connectivity index (χ4n) is 7.29. The van der Waals surface area contributed by atoms with Gasteiger partial charge in [-0.3, -0.25) is 0 Å². The molecule has 0 saturated carbocycles. The fraction of sp³-hybridized carbons (Fsp3) is 0.917. The van der Waals surface area contributed by atoms with Gasteiger partial charge < -0.3 is 9.47 Å². The van der Waals surface area contributed by atoms with Crippen LogP contribution in [0.4, 0.5) is 0 Å². The van der Waals surface area contributed by atoms with E-state index in [0.29, 0.717) is 13.2 Å². The molecule has 0 aliphatic heterocycles. The Bertz CT molecular complexity index is 672. The molecule has 52 heavy (non-hydrogen) atoms. The largest absolute Gasteiger partial charge is 0.463 e. The van der Waals surface area contributed by atoms with Gasteiger partial charge in [-0.25, -0.2) is 9.59 Å². The molecular weight excluding hydrogens is 641 g/mol. The highest BCUT2D eigenvalue weighted by Gasteiger charge is 2.02. The molecule has 0 aromatic rings. The smallest absolute Gasteiger partial charge is 0.331 e. The van der Waals surface area contributed by atoms with Crippen LogP contribution >= 0.6 is 0 Å². The Morgan fingerprint density at radius 2 is 0.423 bits per heavy atom. The average Bonchev–Trinajstić information content (AvgIpc) is 3.15. The summed E-state index contributed by atoms with van der Waals surface area (Å²) in [6.45, 7) is 5.43. The molecule has 0 aliphatic rings. The standard InChI is InChI=1S/C48H92O4/c1-3-5-7-9-11-13-15-17-19-21-23-25-27-29-31-33-35-37-39-41-45-51-47(49)43-44-48(50)52-46-42-40-38-36-34-32-30-28-26-24-22-20-18-16-14-12-10-8-6-4-2/h43-44H,3-42,45-46H2,1-2H3/b44-43+. The minimum absolute atomic E-state index is 0.427. The Morgan fingerprint density at radius 3 is 0.596 bits per heavy atom. The van der Waals surface area contributed by atoms with E-state index < -0.39 is 11.9 Å². The number of rotatable bonds is 44. The molecule has 0 N–H and O–H groups in total. The van der Waals surface area contributed by atoms with E-state index in [1.54, 1.807) is 0 Å². The molecule has 0 aromatic carbocycles. The van der Waals surface area contributed by atoms with Crippen LogP contribution in [0.5, 0.6) is 0 Å². The zero-order chi connectivity index (χ0) is 37.7. The molecule has 308 valence electrons. The second-order valence-corrected chi connectivity index (χ2v) is 16.1. The first-order valence-electron chi connectivity index (χ1n) is 23.7. The molecule has 0 spiro atoms. The van der Waals surface area contributed by atoms with E-state index in [4.69, 9.17) is 9.47 Å². The van der Waals surface area contributed by atoms with E-state index in [1.807, 2.05) is 0 Å². The van der Waals surface area contributed by atoms with E-state index in [-0.39, 0.29) is 0 Å². The first-order valence-corrected chi connectivity index (χ1v) is 23.7. The summed E-state index contributed by atoms with van der Waals surface area (Å²) in [7, 11) is 0. The lowest BCUT2D eigenvalue weighted by Gasteiger charge is -2.05. The van der Waals surface area contributed by atoms with E-state index in [9.17, 15) is 9.59 Å². The van der Waals surface area contributed by atoms with Gasteiger partial charge >= 0.3 is 11.9 Å². The van der Waals surface area contributed by atoms with Crippen molar-refractivity contribution in [2.45, 2.75) is 271 Å². The molecule has 0 atom stereocenters. The van der Waals surface area contributed by atoms with Crippen LogP contribution < -0.4 is 0 Å². The zero-order valence-electron chi connectivity index (χ0n) is 35.5. The summed E-state index contributed by atoms with van der Waals surface area (Å²) in [5.74, 6) is -0.901. The Morgan fingerprint density at radius 1 is 0.269 bits per heavy atom. The van der Waals surface area contributed by atoms with Crippen LogP contribution in [0.3, 0.4) is 0 Å². The topological polar surface area (TPSA) is 52.6 Å². The van der Waals surface area contributed by atoms with Gasteiger partial charge in [-0.2, -0.15) is 0 Å². The van der Waals surface area contributed by atoms with Gasteiger partial charge in [-0.15, -0.1) is 0 Å². The highest BCUT2D eigenvalue weighted by Crippen LogP contribution is 2.16. The lowest BCUT2D eigenvalue weighted by atomic mass is 10.0. The minimum atomic E-state index is -0.450. The summed E-state index contributed by atoms with van der Waals surface area (Å²) in [6, 6.07) is 0. The maximum atomic E-state index is 11.9. The molecule has 0 amide bonds. The van der Waals surface area contributed by atoms with Gasteiger partial charge in [0.2, 0.25) is 0 Å². The second-order valence-electron chi connectivity index (χ2n) is 16.1. The number of carbonyl (C=O) groups is 2. The van der Waals surface area contributed by atoms with E-state index in [2.05, 4.69) is 13.8 Å². The molecule has 0 bridgehead atoms. The summed E-state index contributed by atoms with van der Waals surface area (Å²) in [6.07, 6.45) is 56.5. The quantitative estimate of drug-likeness (QED) is 0.0355. The highest BCUT2D eigenvalue weighted by atomic mass is 16.5. The van der Waals surface area contributed by atoms with Crippen molar-refractivity contribution in [2.24, 2.45) is 0 Å². The molecule has 0 radical (unpaired) electrons. The first kappa shape index (κ1) is 50.7. The van der Waals surface area contributed by atoms with E-state index in [1.165, 1.54) is 243 Å². The van der Waals surface area contributed by atoms with Crippen molar-refractivity contribution in [3.8, 4) is 0 Å². The fourth-order valence-corrected chi connectivity index (χ4v) is 7.29. The molecule has 0 heterocycles. The Kier molecular flexibility index (Phi) is 44.7. The molecule has 0 aliphatic carbocycles. The number of ether oxygens (including phenoxy) is 2. The average molecular weight is 733 g/mol. The van der Waals surface area contributed by atoms with Crippen LogP contribution in [-0.2, 0) is 19.1 Å². The summed E-state index contributed by atoms with van der Waals surface area (Å²) < 4.78 is 10.5. The van der Waals surface area contributed by atoms with Crippen molar-refractivity contribution in [3.63, 3.8) is 0 Å². The predicted molar refractivity (Wildman–Crippen MR) is 227 cm³/mol. The molecule has 0 rings (SSSR count). The monoisotopic (exact) mass is 733 g/mol. The van der Waals surface area contributed by atoms with Gasteiger partial charge in [0.15, 0.2) is 0 Å². The van der Waals surface area contributed by atoms with Gasteiger partial charge in [-0.1, -0.05) is 258 Å². The van der Waals surface area contributed by atoms with Crippen LogP contribution in [0.1, 0.15) is 271 Å². The lowest BCUT2D eigenvalue weighted by molar-refractivity contribution is -0.140. The van der Waals surface area contributed by atoms with Gasteiger partial charge in [0.1, 0.15) is 0 Å². The first-order chi connectivity index (χ1) is 25.7. The molecule has 4 nitrogen and oxygen atoms in total. The molecule has 0 aromatic heterocycles. The number of carbonyl (C=O) groups excluding carboxylic acids is 2. The third-order valence-electron chi connectivity index (χ3n) is 10.8. The zero-order valence-corrected chi connectivity index (χ0v) is 35.5. The van der Waals surface area contributed by atoms with Gasteiger partial charge in [0.25, 0.3) is 0 Å². The molecule has 4 heteroatoms. The lowest BCUT2D eigenvalue weighted by Crippen LogP contribution is -2.06. The Balaban J connectivity index is 3.30. The van der Waals surface area contributed by atoms with E-state index in [0.717, 1.165) is 25.7 Å². The van der Waals surface area contributed by atoms with Gasteiger partial charge in [0, 0.05) is 12.2 Å². The van der Waals surface area contributed by atoms with Crippen LogP contribution in [0.15, 0.2) is 12.2 Å².